The lowest BCUT2D eigenvalue weighted by Crippen LogP contribution is -2.74. The third kappa shape index (κ3) is 9.67. The quantitative estimate of drug-likeness (QED) is 0.249. The van der Waals surface area contributed by atoms with E-state index in [0.717, 1.165) is 60.4 Å². The Bertz CT molecular complexity index is 1240. The molecular formula is C28H35NO14S. The number of hydrogen-bond acceptors (Lipinski definition) is 15. The molecule has 1 aromatic rings. The number of amides is 1. The standard InChI is InChI=1S/C28H35NO14S/c1-14(30)29-22-24(23(40-17(4)33)21(39-16(3)32)13-38-15(2)31)43-28(27(36)37-7,42-19(6)35)26(25(22)41-18(5)34)44-20-11-9-8-10-12-20/h8-12,21-26H,13H2,1-7H3,(H,29,30). The minimum Gasteiger partial charge on any atom is -0.464 e. The fourth-order valence-electron chi connectivity index (χ4n) is 4.52. The largest absolute Gasteiger partial charge is 0.464 e. The van der Waals surface area contributed by atoms with Gasteiger partial charge in [0.15, 0.2) is 12.2 Å². The fourth-order valence-corrected chi connectivity index (χ4v) is 5.84. The molecule has 0 aliphatic carbocycles. The monoisotopic (exact) mass is 641 g/mol. The van der Waals surface area contributed by atoms with Gasteiger partial charge >= 0.3 is 41.6 Å². The van der Waals surface area contributed by atoms with Crippen LogP contribution in [0, 0.1) is 0 Å². The lowest BCUT2D eigenvalue weighted by atomic mass is 9.87. The summed E-state index contributed by atoms with van der Waals surface area (Å²) in [6.07, 6.45) is -6.67. The van der Waals surface area contributed by atoms with Crippen molar-refractivity contribution >= 4 is 53.5 Å². The smallest absolute Gasteiger partial charge is 0.381 e. The number of carbonyl (C=O) groups excluding carboxylic acids is 7. The molecule has 0 aromatic heterocycles. The molecule has 1 heterocycles. The number of nitrogens with one attached hydrogen (secondary N) is 1. The first-order chi connectivity index (χ1) is 20.6. The normalized spacial score (nSPS) is 24.0. The van der Waals surface area contributed by atoms with E-state index in [9.17, 15) is 33.6 Å². The molecule has 1 aliphatic rings. The third-order valence-corrected chi connectivity index (χ3v) is 7.27. The van der Waals surface area contributed by atoms with Crippen LogP contribution in [0.15, 0.2) is 35.2 Å². The van der Waals surface area contributed by atoms with E-state index < -0.39 is 89.8 Å². The zero-order valence-corrected chi connectivity index (χ0v) is 26.0. The number of benzene rings is 1. The van der Waals surface area contributed by atoms with Crippen LogP contribution in [0.1, 0.15) is 41.5 Å². The van der Waals surface area contributed by atoms with Gasteiger partial charge in [0.05, 0.1) is 13.2 Å². The van der Waals surface area contributed by atoms with Gasteiger partial charge in [-0.2, -0.15) is 0 Å². The van der Waals surface area contributed by atoms with E-state index in [1.165, 1.54) is 0 Å². The predicted octanol–water partition coefficient (Wildman–Crippen LogP) is 0.841. The predicted molar refractivity (Wildman–Crippen MR) is 148 cm³/mol. The van der Waals surface area contributed by atoms with Crippen LogP contribution in [-0.4, -0.2) is 96.9 Å². The number of ether oxygens (including phenoxy) is 7. The van der Waals surface area contributed by atoms with Crippen LogP contribution >= 0.6 is 11.8 Å². The molecule has 0 spiro atoms. The topological polar surface area (TPSA) is 196 Å². The molecule has 1 saturated heterocycles. The zero-order valence-electron chi connectivity index (χ0n) is 25.2. The van der Waals surface area contributed by atoms with Crippen molar-refractivity contribution in [1.29, 1.82) is 0 Å². The molecule has 1 amide bonds. The Hall–Kier alpha value is -4.18. The zero-order chi connectivity index (χ0) is 33.2. The van der Waals surface area contributed by atoms with Crippen LogP contribution in [0.2, 0.25) is 0 Å². The average Bonchev–Trinajstić information content (AvgIpc) is 2.91. The number of rotatable bonds is 12. The molecule has 44 heavy (non-hydrogen) atoms. The number of thioether (sulfide) groups is 1. The summed E-state index contributed by atoms with van der Waals surface area (Å²) in [7, 11) is 0.989. The maximum Gasteiger partial charge on any atom is 0.381 e. The van der Waals surface area contributed by atoms with E-state index in [-0.39, 0.29) is 0 Å². The second-order valence-electron chi connectivity index (χ2n) is 9.51. The highest BCUT2D eigenvalue weighted by Crippen LogP contribution is 2.45. The summed E-state index contributed by atoms with van der Waals surface area (Å²) in [4.78, 5) is 87.8. The third-order valence-electron chi connectivity index (χ3n) is 5.90. The number of methoxy groups -OCH3 is 1. The average molecular weight is 642 g/mol. The van der Waals surface area contributed by atoms with Crippen molar-refractivity contribution in [3.8, 4) is 0 Å². The molecule has 7 unspecified atom stereocenters. The van der Waals surface area contributed by atoms with Crippen LogP contribution in [0.5, 0.6) is 0 Å². The summed E-state index contributed by atoms with van der Waals surface area (Å²) < 4.78 is 38.3. The summed E-state index contributed by atoms with van der Waals surface area (Å²) in [5.41, 5.74) is 0. The summed E-state index contributed by atoms with van der Waals surface area (Å²) >= 11 is 0.905. The van der Waals surface area contributed by atoms with Gasteiger partial charge in [0, 0.05) is 46.4 Å². The molecular weight excluding hydrogens is 606 g/mol. The van der Waals surface area contributed by atoms with Gasteiger partial charge in [0.25, 0.3) is 0 Å². The Morgan fingerprint density at radius 1 is 0.864 bits per heavy atom. The van der Waals surface area contributed by atoms with E-state index in [1.807, 2.05) is 0 Å². The van der Waals surface area contributed by atoms with Gasteiger partial charge in [-0.05, 0) is 12.1 Å². The van der Waals surface area contributed by atoms with E-state index in [2.05, 4.69) is 5.32 Å². The molecule has 15 nitrogen and oxygen atoms in total. The Kier molecular flexibility index (Phi) is 13.1. The summed E-state index contributed by atoms with van der Waals surface area (Å²) in [5.74, 6) is -9.14. The molecule has 1 N–H and O–H groups in total. The van der Waals surface area contributed by atoms with Gasteiger partial charge in [-0.1, -0.05) is 18.2 Å². The van der Waals surface area contributed by atoms with Crippen LogP contribution < -0.4 is 5.32 Å². The first-order valence-corrected chi connectivity index (χ1v) is 14.1. The maximum atomic E-state index is 13.6. The van der Waals surface area contributed by atoms with Crippen molar-refractivity contribution in [2.75, 3.05) is 13.7 Å². The Morgan fingerprint density at radius 2 is 1.48 bits per heavy atom. The van der Waals surface area contributed by atoms with E-state index in [0.29, 0.717) is 4.90 Å². The highest BCUT2D eigenvalue weighted by atomic mass is 32.2. The SMILES string of the molecule is COC(=O)C1(OC(C)=O)OC(C(OC(C)=O)C(COC(C)=O)OC(C)=O)C(NC(C)=O)C(OC(C)=O)C1Sc1ccccc1. The van der Waals surface area contributed by atoms with Crippen molar-refractivity contribution in [1.82, 2.24) is 5.32 Å². The number of hydrogen-bond donors (Lipinski definition) is 1. The van der Waals surface area contributed by atoms with Crippen LogP contribution in [-0.2, 0) is 66.7 Å². The highest BCUT2D eigenvalue weighted by Gasteiger charge is 2.66. The molecule has 1 fully saturated rings. The summed E-state index contributed by atoms with van der Waals surface area (Å²) in [6.45, 7) is 5.64. The number of esters is 6. The second-order valence-corrected chi connectivity index (χ2v) is 10.7. The summed E-state index contributed by atoms with van der Waals surface area (Å²) in [5, 5.41) is 1.14. The molecule has 2 rings (SSSR count). The highest BCUT2D eigenvalue weighted by molar-refractivity contribution is 8.00. The first kappa shape index (κ1) is 36.0. The van der Waals surface area contributed by atoms with Gasteiger partial charge in [0.1, 0.15) is 24.1 Å². The first-order valence-electron chi connectivity index (χ1n) is 13.2. The maximum absolute atomic E-state index is 13.6. The lowest BCUT2D eigenvalue weighted by molar-refractivity contribution is -0.300. The molecule has 1 aliphatic heterocycles. The minimum atomic E-state index is -2.71. The van der Waals surface area contributed by atoms with Crippen molar-refractivity contribution in [3.63, 3.8) is 0 Å². The van der Waals surface area contributed by atoms with Gasteiger partial charge in [-0.25, -0.2) is 4.79 Å². The van der Waals surface area contributed by atoms with E-state index >= 15 is 0 Å². The summed E-state index contributed by atoms with van der Waals surface area (Å²) in [6, 6.07) is 6.95. The van der Waals surface area contributed by atoms with Crippen molar-refractivity contribution in [2.45, 2.75) is 87.9 Å². The van der Waals surface area contributed by atoms with Crippen LogP contribution in [0.3, 0.4) is 0 Å². The van der Waals surface area contributed by atoms with Crippen LogP contribution in [0.4, 0.5) is 0 Å². The van der Waals surface area contributed by atoms with Gasteiger partial charge in [-0.15, -0.1) is 11.8 Å². The molecule has 7 atom stereocenters. The van der Waals surface area contributed by atoms with Gasteiger partial charge < -0.3 is 38.5 Å². The Balaban J connectivity index is 2.94. The molecule has 0 saturated carbocycles. The molecule has 242 valence electrons. The fraction of sp³-hybridized carbons (Fsp3) is 0.536. The van der Waals surface area contributed by atoms with Crippen LogP contribution in [0.25, 0.3) is 0 Å². The van der Waals surface area contributed by atoms with E-state index in [4.69, 9.17) is 33.2 Å². The van der Waals surface area contributed by atoms with Gasteiger partial charge in [-0.3, -0.25) is 28.8 Å². The second kappa shape index (κ2) is 16.0. The Labute approximate surface area is 257 Å². The molecule has 1 aromatic carbocycles. The molecule has 16 heteroatoms. The van der Waals surface area contributed by atoms with Crippen molar-refractivity contribution < 1.29 is 66.7 Å². The van der Waals surface area contributed by atoms with Crippen molar-refractivity contribution in [3.05, 3.63) is 30.3 Å². The lowest BCUT2D eigenvalue weighted by Gasteiger charge is -2.51. The van der Waals surface area contributed by atoms with E-state index in [1.54, 1.807) is 30.3 Å². The Morgan fingerprint density at radius 3 is 1.95 bits per heavy atom. The van der Waals surface area contributed by atoms with Gasteiger partial charge in [0.2, 0.25) is 5.91 Å². The molecule has 0 radical (unpaired) electrons. The minimum absolute atomic E-state index is 0.503. The number of carbonyl (C=O) groups is 7. The van der Waals surface area contributed by atoms with Crippen molar-refractivity contribution in [2.24, 2.45) is 0 Å². The molecule has 0 bridgehead atoms.